The maximum atomic E-state index is 12.7. The third kappa shape index (κ3) is 4.19. The molecule has 176 valence electrons. The summed E-state index contributed by atoms with van der Waals surface area (Å²) in [4.78, 5) is 2.03. The molecular formula is C18H21ClF3N5O4S. The fourth-order valence-corrected chi connectivity index (χ4v) is 5.68. The Bertz CT molecular complexity index is 1140. The van der Waals surface area contributed by atoms with Crippen LogP contribution in [0.25, 0.3) is 10.9 Å². The van der Waals surface area contributed by atoms with E-state index >= 15 is 0 Å². The number of hydrogen-bond acceptors (Lipinski definition) is 7. The maximum absolute atomic E-state index is 12.7. The van der Waals surface area contributed by atoms with Gasteiger partial charge in [-0.15, -0.1) is 0 Å². The first kappa shape index (κ1) is 23.2. The van der Waals surface area contributed by atoms with Crippen molar-refractivity contribution in [1.82, 2.24) is 14.5 Å². The predicted molar refractivity (Wildman–Crippen MR) is 111 cm³/mol. The zero-order chi connectivity index (χ0) is 23.5. The van der Waals surface area contributed by atoms with E-state index in [0.29, 0.717) is 46.5 Å². The number of anilines is 1. The third-order valence-electron chi connectivity index (χ3n) is 6.09. The number of aliphatic hydroxyl groups is 1. The van der Waals surface area contributed by atoms with E-state index in [4.69, 9.17) is 21.5 Å². The van der Waals surface area contributed by atoms with Crippen LogP contribution in [0.1, 0.15) is 12.8 Å². The molecule has 2 heterocycles. The molecule has 1 saturated heterocycles. The van der Waals surface area contributed by atoms with E-state index in [2.05, 4.69) is 10.2 Å². The standard InChI is InChI=1S/C18H21ClF3N5O4S/c1-31-15-3-13-11(2-12(15)19)14(6-24-25-13)26-8-17(9-26)4-10(5-17)27(32(23,29)30)7-16(28)18(20,21)22/h2-3,6,10,16,28H,4-5,7-9H2,1H3,(H2,23,29,30). The van der Waals surface area contributed by atoms with Gasteiger partial charge in [-0.1, -0.05) is 11.6 Å². The van der Waals surface area contributed by atoms with Crippen LogP contribution in [-0.2, 0) is 10.2 Å². The summed E-state index contributed by atoms with van der Waals surface area (Å²) in [6.07, 6.45) is -5.45. The van der Waals surface area contributed by atoms with Crippen molar-refractivity contribution in [2.75, 3.05) is 31.6 Å². The molecule has 1 atom stereocenters. The lowest BCUT2D eigenvalue weighted by Gasteiger charge is -2.61. The number of fused-ring (bicyclic) bond motifs is 1. The Hall–Kier alpha value is -1.93. The Labute approximate surface area is 187 Å². The lowest BCUT2D eigenvalue weighted by Crippen LogP contribution is -2.68. The number of nitrogens with two attached hydrogens (primary N) is 1. The van der Waals surface area contributed by atoms with Crippen LogP contribution >= 0.6 is 11.6 Å². The van der Waals surface area contributed by atoms with E-state index in [-0.39, 0.29) is 5.41 Å². The average Bonchev–Trinajstić information content (AvgIpc) is 2.62. The number of rotatable bonds is 6. The SMILES string of the molecule is COc1cc2nncc(N3CC4(CC(N(CC(O)C(F)(F)F)S(N)(=O)=O)C4)C3)c2cc1Cl. The van der Waals surface area contributed by atoms with Crippen LogP contribution in [0, 0.1) is 5.41 Å². The minimum absolute atomic E-state index is 0.247. The first-order valence-corrected chi connectivity index (χ1v) is 11.5. The summed E-state index contributed by atoms with van der Waals surface area (Å²) in [6, 6.07) is 2.71. The van der Waals surface area contributed by atoms with Crippen LogP contribution in [-0.4, -0.2) is 73.1 Å². The molecule has 1 aromatic heterocycles. The second kappa shape index (κ2) is 7.83. The Morgan fingerprint density at radius 2 is 2.06 bits per heavy atom. The van der Waals surface area contributed by atoms with E-state index in [1.165, 1.54) is 7.11 Å². The van der Waals surface area contributed by atoms with Crippen molar-refractivity contribution in [2.45, 2.75) is 31.2 Å². The normalized spacial score (nSPS) is 19.8. The van der Waals surface area contributed by atoms with Crippen molar-refractivity contribution in [2.24, 2.45) is 10.6 Å². The quantitative estimate of drug-likeness (QED) is 0.625. The van der Waals surface area contributed by atoms with Crippen LogP contribution in [0.2, 0.25) is 5.02 Å². The van der Waals surface area contributed by atoms with Gasteiger partial charge in [0.25, 0.3) is 10.2 Å². The number of benzene rings is 1. The molecule has 0 bridgehead atoms. The van der Waals surface area contributed by atoms with E-state index < -0.39 is 35.1 Å². The smallest absolute Gasteiger partial charge is 0.415 e. The molecule has 1 unspecified atom stereocenters. The average molecular weight is 496 g/mol. The number of hydrogen-bond donors (Lipinski definition) is 2. The lowest BCUT2D eigenvalue weighted by atomic mass is 9.60. The summed E-state index contributed by atoms with van der Waals surface area (Å²) in [6.45, 7) is 0.00842. The second-order valence-electron chi connectivity index (χ2n) is 8.32. The summed E-state index contributed by atoms with van der Waals surface area (Å²) in [5.74, 6) is 0.469. The number of aromatic nitrogens is 2. The van der Waals surface area contributed by atoms with Gasteiger partial charge in [0, 0.05) is 36.0 Å². The Morgan fingerprint density at radius 3 is 2.62 bits per heavy atom. The molecule has 1 spiro atoms. The molecule has 9 nitrogen and oxygen atoms in total. The minimum Gasteiger partial charge on any atom is -0.495 e. The van der Waals surface area contributed by atoms with Gasteiger partial charge in [0.2, 0.25) is 0 Å². The van der Waals surface area contributed by atoms with Crippen molar-refractivity contribution < 1.29 is 31.4 Å². The van der Waals surface area contributed by atoms with Crippen LogP contribution < -0.4 is 14.8 Å². The molecule has 3 N–H and O–H groups in total. The summed E-state index contributed by atoms with van der Waals surface area (Å²) in [5.41, 5.74) is 1.14. The van der Waals surface area contributed by atoms with Gasteiger partial charge in [-0.3, -0.25) is 0 Å². The van der Waals surface area contributed by atoms with Crippen molar-refractivity contribution >= 4 is 38.4 Å². The van der Waals surface area contributed by atoms with Gasteiger partial charge in [-0.05, 0) is 18.9 Å². The molecule has 14 heteroatoms. The largest absolute Gasteiger partial charge is 0.495 e. The van der Waals surface area contributed by atoms with Crippen LogP contribution in [0.15, 0.2) is 18.3 Å². The molecule has 2 aliphatic rings. The molecule has 0 radical (unpaired) electrons. The summed E-state index contributed by atoms with van der Waals surface area (Å²) < 4.78 is 67.5. The van der Waals surface area contributed by atoms with E-state index in [1.54, 1.807) is 18.3 Å². The lowest BCUT2D eigenvalue weighted by molar-refractivity contribution is -0.207. The van der Waals surface area contributed by atoms with Crippen LogP contribution in [0.3, 0.4) is 0 Å². The fraction of sp³-hybridized carbons (Fsp3) is 0.556. The van der Waals surface area contributed by atoms with Crippen LogP contribution in [0.4, 0.5) is 18.9 Å². The molecule has 4 rings (SSSR count). The molecule has 0 amide bonds. The highest BCUT2D eigenvalue weighted by atomic mass is 35.5. The number of nitrogens with zero attached hydrogens (tertiary/aromatic N) is 4. The van der Waals surface area contributed by atoms with Gasteiger partial charge in [0.1, 0.15) is 5.75 Å². The van der Waals surface area contributed by atoms with Gasteiger partial charge in [-0.25, -0.2) is 5.14 Å². The van der Waals surface area contributed by atoms with Crippen molar-refractivity contribution in [1.29, 1.82) is 0 Å². The molecule has 1 aliphatic carbocycles. The highest BCUT2D eigenvalue weighted by molar-refractivity contribution is 7.86. The fourth-order valence-electron chi connectivity index (χ4n) is 4.52. The van der Waals surface area contributed by atoms with Crippen molar-refractivity contribution in [3.05, 3.63) is 23.4 Å². The summed E-state index contributed by atoms with van der Waals surface area (Å²) in [7, 11) is -2.91. The van der Waals surface area contributed by atoms with Crippen LogP contribution in [0.5, 0.6) is 5.75 Å². The third-order valence-corrected chi connectivity index (χ3v) is 7.48. The van der Waals surface area contributed by atoms with Gasteiger partial charge >= 0.3 is 6.18 Å². The molecule has 1 saturated carbocycles. The highest BCUT2D eigenvalue weighted by Gasteiger charge is 2.56. The van der Waals surface area contributed by atoms with Gasteiger partial charge in [-0.2, -0.15) is 36.1 Å². The Morgan fingerprint density at radius 1 is 1.41 bits per heavy atom. The van der Waals surface area contributed by atoms with Crippen molar-refractivity contribution in [3.8, 4) is 5.75 Å². The molecule has 1 aliphatic heterocycles. The second-order valence-corrected chi connectivity index (χ2v) is 10.2. The number of halogens is 4. The first-order valence-electron chi connectivity index (χ1n) is 9.61. The topological polar surface area (TPSA) is 122 Å². The Kier molecular flexibility index (Phi) is 5.69. The monoisotopic (exact) mass is 495 g/mol. The van der Waals surface area contributed by atoms with Crippen molar-refractivity contribution in [3.63, 3.8) is 0 Å². The summed E-state index contributed by atoms with van der Waals surface area (Å²) >= 11 is 6.24. The molecule has 1 aromatic carbocycles. The number of alkyl halides is 3. The number of aliphatic hydroxyl groups excluding tert-OH is 1. The molecule has 2 aromatic rings. The van der Waals surface area contributed by atoms with Gasteiger partial charge in [0.15, 0.2) is 6.10 Å². The number of ether oxygens (including phenoxy) is 1. The summed E-state index contributed by atoms with van der Waals surface area (Å²) in [5, 5.41) is 23.7. The van der Waals surface area contributed by atoms with E-state index in [0.717, 1.165) is 11.1 Å². The Balaban J connectivity index is 1.46. The maximum Gasteiger partial charge on any atom is 0.415 e. The zero-order valence-corrected chi connectivity index (χ0v) is 18.5. The molecule has 2 fully saturated rings. The minimum atomic E-state index is -4.93. The first-order chi connectivity index (χ1) is 14.8. The molecule has 32 heavy (non-hydrogen) atoms. The predicted octanol–water partition coefficient (Wildman–Crippen LogP) is 1.69. The molecular weight excluding hydrogens is 475 g/mol. The number of methoxy groups -OCH3 is 1. The highest BCUT2D eigenvalue weighted by Crippen LogP contribution is 2.52. The zero-order valence-electron chi connectivity index (χ0n) is 16.9. The van der Waals surface area contributed by atoms with E-state index in [1.807, 2.05) is 4.90 Å². The van der Waals surface area contributed by atoms with Gasteiger partial charge in [0.05, 0.1) is 36.1 Å². The van der Waals surface area contributed by atoms with Gasteiger partial charge < -0.3 is 14.7 Å². The van der Waals surface area contributed by atoms with E-state index in [9.17, 15) is 26.7 Å².